The molecule has 0 fully saturated rings. The number of rotatable bonds is 8. The van der Waals surface area contributed by atoms with E-state index in [1.165, 1.54) is 6.07 Å². The number of alkyl halides is 1. The number of nitrogens with one attached hydrogen (secondary N) is 1. The third-order valence-corrected chi connectivity index (χ3v) is 5.99. The van der Waals surface area contributed by atoms with Crippen molar-refractivity contribution in [1.82, 2.24) is 5.32 Å². The van der Waals surface area contributed by atoms with Crippen LogP contribution in [-0.2, 0) is 4.74 Å². The van der Waals surface area contributed by atoms with E-state index in [9.17, 15) is 18.4 Å². The number of benzene rings is 3. The van der Waals surface area contributed by atoms with Crippen LogP contribution in [0.2, 0.25) is 0 Å². The maximum Gasteiger partial charge on any atom is 0.372 e. The topological polar surface area (TPSA) is 55.4 Å². The Labute approximate surface area is 206 Å². The first kappa shape index (κ1) is 25.7. The largest absolute Gasteiger partial charge is 0.457 e. The summed E-state index contributed by atoms with van der Waals surface area (Å²) < 4.78 is 33.0. The molecule has 0 aliphatic rings. The van der Waals surface area contributed by atoms with Gasteiger partial charge in [0.25, 0.3) is 5.91 Å². The van der Waals surface area contributed by atoms with Gasteiger partial charge in [-0.05, 0) is 58.6 Å². The average molecular weight is 504 g/mol. The number of thioether (sulfide) groups is 1. The Morgan fingerprint density at radius 2 is 1.50 bits per heavy atom. The minimum Gasteiger partial charge on any atom is -0.457 e. The van der Waals surface area contributed by atoms with E-state index in [0.29, 0.717) is 12.2 Å². The first-order valence-corrected chi connectivity index (χ1v) is 12.0. The van der Waals surface area contributed by atoms with Crippen LogP contribution in [0.3, 0.4) is 0 Å². The van der Waals surface area contributed by atoms with E-state index in [1.54, 1.807) is 12.1 Å². The van der Waals surface area contributed by atoms with E-state index < -0.39 is 29.1 Å². The van der Waals surface area contributed by atoms with Gasteiger partial charge in [-0.1, -0.05) is 56.3 Å². The number of carbonyl (C=O) groups is 2. The highest BCUT2D eigenvalue weighted by Crippen LogP contribution is 2.27. The van der Waals surface area contributed by atoms with Crippen molar-refractivity contribution in [3.05, 3.63) is 89.5 Å². The van der Waals surface area contributed by atoms with E-state index in [2.05, 4.69) is 5.32 Å². The first-order valence-electron chi connectivity index (χ1n) is 10.6. The monoisotopic (exact) mass is 503 g/mol. The van der Waals surface area contributed by atoms with Crippen LogP contribution in [0.5, 0.6) is 0 Å². The smallest absolute Gasteiger partial charge is 0.372 e. The summed E-state index contributed by atoms with van der Waals surface area (Å²) in [6.07, 6.45) is 0. The van der Waals surface area contributed by atoms with E-state index >= 15 is 0 Å². The van der Waals surface area contributed by atoms with E-state index in [-0.39, 0.29) is 17.1 Å². The Hall–Kier alpha value is -2.90. The molecular weight excluding hydrogens is 480 g/mol. The molecule has 3 aromatic carbocycles. The summed E-state index contributed by atoms with van der Waals surface area (Å²) in [5.41, 5.74) is 1.91. The van der Waals surface area contributed by atoms with Gasteiger partial charge in [0.2, 0.25) is 0 Å². The molecular formula is C26H24ClF2NO3S. The highest BCUT2D eigenvalue weighted by Gasteiger charge is 2.21. The molecule has 0 saturated carbocycles. The maximum atomic E-state index is 13.9. The molecule has 1 atom stereocenters. The number of hydrogen-bond donors (Lipinski definition) is 1. The Morgan fingerprint density at radius 3 is 2.03 bits per heavy atom. The Bertz CT molecular complexity index is 1120. The number of carbonyl (C=O) groups excluding carboxylic acids is 2. The lowest BCUT2D eigenvalue weighted by Crippen LogP contribution is -2.31. The van der Waals surface area contributed by atoms with E-state index in [0.717, 1.165) is 39.9 Å². The summed E-state index contributed by atoms with van der Waals surface area (Å²) in [7, 11) is 0. The summed E-state index contributed by atoms with van der Waals surface area (Å²) >= 11 is 7.06. The maximum absolute atomic E-state index is 13.9. The molecule has 4 nitrogen and oxygen atoms in total. The quantitative estimate of drug-likeness (QED) is 0.200. The van der Waals surface area contributed by atoms with Crippen molar-refractivity contribution in [1.29, 1.82) is 0 Å². The van der Waals surface area contributed by atoms with Crippen LogP contribution >= 0.6 is 23.4 Å². The molecule has 0 aromatic heterocycles. The van der Waals surface area contributed by atoms with Gasteiger partial charge >= 0.3 is 5.30 Å². The van der Waals surface area contributed by atoms with Crippen LogP contribution in [0.4, 0.5) is 13.6 Å². The fourth-order valence-corrected chi connectivity index (χ4v) is 3.99. The summed E-state index contributed by atoms with van der Waals surface area (Å²) in [6, 6.07) is 17.4. The van der Waals surface area contributed by atoms with Crippen molar-refractivity contribution >= 4 is 34.6 Å². The molecule has 0 heterocycles. The third-order valence-electron chi connectivity index (χ3n) is 4.89. The highest BCUT2D eigenvalue weighted by atomic mass is 35.5. The van der Waals surface area contributed by atoms with Crippen LogP contribution in [-0.4, -0.2) is 23.7 Å². The third kappa shape index (κ3) is 6.81. The molecule has 1 N–H and O–H groups in total. The molecule has 178 valence electrons. The normalized spacial score (nSPS) is 11.8. The van der Waals surface area contributed by atoms with Crippen LogP contribution in [0, 0.1) is 17.6 Å². The highest BCUT2D eigenvalue weighted by molar-refractivity contribution is 8.13. The lowest BCUT2D eigenvalue weighted by molar-refractivity contribution is 0.0931. The fourth-order valence-electron chi connectivity index (χ4n) is 3.14. The lowest BCUT2D eigenvalue weighted by atomic mass is 10.0. The zero-order valence-corrected chi connectivity index (χ0v) is 20.3. The Kier molecular flexibility index (Phi) is 9.07. The van der Waals surface area contributed by atoms with Crippen LogP contribution in [0.1, 0.15) is 35.8 Å². The van der Waals surface area contributed by atoms with Gasteiger partial charge in [-0.15, -0.1) is 11.6 Å². The second-order valence-corrected chi connectivity index (χ2v) is 9.30. The number of amides is 1. The van der Waals surface area contributed by atoms with Crippen LogP contribution in [0.25, 0.3) is 11.1 Å². The van der Waals surface area contributed by atoms with Gasteiger partial charge in [0.1, 0.15) is 17.2 Å². The molecule has 0 saturated heterocycles. The molecule has 0 spiro atoms. The van der Waals surface area contributed by atoms with Crippen molar-refractivity contribution in [2.45, 2.75) is 24.8 Å². The summed E-state index contributed by atoms with van der Waals surface area (Å²) in [4.78, 5) is 25.1. The molecule has 0 aliphatic carbocycles. The van der Waals surface area contributed by atoms with Crippen molar-refractivity contribution in [2.75, 3.05) is 12.5 Å². The molecule has 3 rings (SSSR count). The number of ether oxygens (including phenoxy) is 1. The summed E-state index contributed by atoms with van der Waals surface area (Å²) in [5.74, 6) is -2.43. The molecule has 8 heteroatoms. The second-order valence-electron chi connectivity index (χ2n) is 7.98. The minimum atomic E-state index is -0.934. The van der Waals surface area contributed by atoms with Crippen LogP contribution < -0.4 is 5.32 Å². The van der Waals surface area contributed by atoms with Gasteiger partial charge in [0, 0.05) is 10.8 Å². The standard InChI is InChI=1S/C26H24ClF2NO3S/c1-16(2)15-33-26(32)34-20-12-10-18(11-13-20)17-6-8-19(9-7-17)23(14-27)30-25(31)24-21(28)4-3-5-22(24)29/h3-13,16,23H,14-15H2,1-2H3,(H,30,31). The second kappa shape index (κ2) is 12.0. The van der Waals surface area contributed by atoms with E-state index in [1.807, 2.05) is 50.2 Å². The van der Waals surface area contributed by atoms with Crippen molar-refractivity contribution in [3.63, 3.8) is 0 Å². The Balaban J connectivity index is 1.66. The zero-order chi connectivity index (χ0) is 24.7. The lowest BCUT2D eigenvalue weighted by Gasteiger charge is -2.17. The summed E-state index contributed by atoms with van der Waals surface area (Å²) in [6.45, 7) is 4.34. The van der Waals surface area contributed by atoms with E-state index in [4.69, 9.17) is 16.3 Å². The molecule has 3 aromatic rings. The fraction of sp³-hybridized carbons (Fsp3) is 0.231. The minimum absolute atomic E-state index is 0.0278. The van der Waals surface area contributed by atoms with Gasteiger partial charge in [-0.25, -0.2) is 13.6 Å². The van der Waals surface area contributed by atoms with Gasteiger partial charge in [-0.3, -0.25) is 4.79 Å². The van der Waals surface area contributed by atoms with Crippen molar-refractivity contribution in [2.24, 2.45) is 5.92 Å². The van der Waals surface area contributed by atoms with Gasteiger partial charge in [0.15, 0.2) is 0 Å². The molecule has 1 amide bonds. The van der Waals surface area contributed by atoms with Gasteiger partial charge < -0.3 is 10.1 Å². The summed E-state index contributed by atoms with van der Waals surface area (Å²) in [5, 5.41) is 2.25. The molecule has 0 bridgehead atoms. The predicted molar refractivity (Wildman–Crippen MR) is 131 cm³/mol. The molecule has 0 radical (unpaired) electrons. The first-order chi connectivity index (χ1) is 16.3. The zero-order valence-electron chi connectivity index (χ0n) is 18.7. The number of hydrogen-bond acceptors (Lipinski definition) is 4. The van der Waals surface area contributed by atoms with Crippen molar-refractivity contribution in [3.8, 4) is 11.1 Å². The predicted octanol–water partition coefficient (Wildman–Crippen LogP) is 7.23. The SMILES string of the molecule is CC(C)COC(=O)Sc1ccc(-c2ccc(C(CCl)NC(=O)c3c(F)cccc3F)cc2)cc1. The van der Waals surface area contributed by atoms with Crippen LogP contribution in [0.15, 0.2) is 71.6 Å². The average Bonchev–Trinajstić information content (AvgIpc) is 2.82. The molecule has 1 unspecified atom stereocenters. The Morgan fingerprint density at radius 1 is 0.941 bits per heavy atom. The molecule has 0 aliphatic heterocycles. The van der Waals surface area contributed by atoms with Gasteiger partial charge in [-0.2, -0.15) is 0 Å². The van der Waals surface area contributed by atoms with Crippen molar-refractivity contribution < 1.29 is 23.1 Å². The molecule has 34 heavy (non-hydrogen) atoms. The number of halogens is 3. The van der Waals surface area contributed by atoms with Gasteiger partial charge in [0.05, 0.1) is 12.6 Å².